The fourth-order valence-corrected chi connectivity index (χ4v) is 2.05. The maximum absolute atomic E-state index is 10.9. The molecule has 0 spiro atoms. The number of hydrogen-bond acceptors (Lipinski definition) is 2. The van der Waals surface area contributed by atoms with Crippen molar-refractivity contribution in [2.24, 2.45) is 0 Å². The Bertz CT molecular complexity index is 382. The molecule has 2 rings (SSSR count). The van der Waals surface area contributed by atoms with Crippen molar-refractivity contribution in [3.63, 3.8) is 0 Å². The molecule has 80 valence electrons. The van der Waals surface area contributed by atoms with Crippen LogP contribution in [-0.2, 0) is 9.53 Å². The van der Waals surface area contributed by atoms with Gasteiger partial charge in [-0.15, -0.1) is 0 Å². The van der Waals surface area contributed by atoms with Crippen LogP contribution in [0.4, 0.5) is 0 Å². The van der Waals surface area contributed by atoms with Crippen LogP contribution >= 0.6 is 15.9 Å². The van der Waals surface area contributed by atoms with E-state index in [0.29, 0.717) is 6.54 Å². The van der Waals surface area contributed by atoms with Crippen molar-refractivity contribution in [2.75, 3.05) is 13.2 Å². The Balaban J connectivity index is 2.22. The van der Waals surface area contributed by atoms with Crippen molar-refractivity contribution in [2.45, 2.75) is 13.0 Å². The monoisotopic (exact) mass is 269 g/mol. The minimum atomic E-state index is -0.0427. The van der Waals surface area contributed by atoms with Gasteiger partial charge in [-0.2, -0.15) is 0 Å². The summed E-state index contributed by atoms with van der Waals surface area (Å²) in [5.74, 6) is -0.0427. The quantitative estimate of drug-likeness (QED) is 0.847. The first kappa shape index (κ1) is 10.6. The van der Waals surface area contributed by atoms with E-state index in [0.717, 1.165) is 10.0 Å². The van der Waals surface area contributed by atoms with E-state index in [4.69, 9.17) is 4.74 Å². The smallest absolute Gasteiger partial charge is 0.246 e. The average molecular weight is 270 g/mol. The van der Waals surface area contributed by atoms with Gasteiger partial charge in [-0.05, 0) is 24.1 Å². The zero-order chi connectivity index (χ0) is 10.8. The highest BCUT2D eigenvalue weighted by Crippen LogP contribution is 2.27. The van der Waals surface area contributed by atoms with Crippen LogP contribution in [0.2, 0.25) is 0 Å². The Morgan fingerprint density at radius 3 is 3.00 bits per heavy atom. The van der Waals surface area contributed by atoms with Crippen LogP contribution in [0, 0.1) is 6.92 Å². The lowest BCUT2D eigenvalue weighted by Crippen LogP contribution is -2.38. The number of benzene rings is 1. The molecule has 1 aliphatic heterocycles. The topological polar surface area (TPSA) is 38.3 Å². The molecule has 0 radical (unpaired) electrons. The highest BCUT2D eigenvalue weighted by Gasteiger charge is 2.21. The van der Waals surface area contributed by atoms with Gasteiger partial charge < -0.3 is 10.1 Å². The second-order valence-corrected chi connectivity index (χ2v) is 4.41. The molecule has 1 N–H and O–H groups in total. The Morgan fingerprint density at radius 2 is 2.33 bits per heavy atom. The molecule has 1 heterocycles. The number of nitrogens with one attached hydrogen (secondary N) is 1. The Labute approximate surface area is 96.9 Å². The average Bonchev–Trinajstić information content (AvgIpc) is 2.24. The van der Waals surface area contributed by atoms with E-state index in [-0.39, 0.29) is 18.6 Å². The highest BCUT2D eigenvalue weighted by atomic mass is 79.9. The molecule has 1 atom stereocenters. The van der Waals surface area contributed by atoms with Gasteiger partial charge in [0.25, 0.3) is 0 Å². The van der Waals surface area contributed by atoms with Gasteiger partial charge in [-0.3, -0.25) is 4.79 Å². The number of amides is 1. The summed E-state index contributed by atoms with van der Waals surface area (Å²) >= 11 is 3.48. The SMILES string of the molecule is Cc1c(Br)cccc1[C@H]1CNC(=O)CO1. The molecule has 15 heavy (non-hydrogen) atoms. The minimum Gasteiger partial charge on any atom is -0.362 e. The van der Waals surface area contributed by atoms with Gasteiger partial charge >= 0.3 is 0 Å². The zero-order valence-corrected chi connectivity index (χ0v) is 10.0. The van der Waals surface area contributed by atoms with Crippen molar-refractivity contribution in [3.8, 4) is 0 Å². The van der Waals surface area contributed by atoms with Crippen LogP contribution in [0.5, 0.6) is 0 Å². The zero-order valence-electron chi connectivity index (χ0n) is 8.42. The summed E-state index contributed by atoms with van der Waals surface area (Å²) in [6.45, 7) is 2.74. The van der Waals surface area contributed by atoms with Gasteiger partial charge in [-0.25, -0.2) is 0 Å². The molecule has 4 heteroatoms. The van der Waals surface area contributed by atoms with Crippen LogP contribution in [-0.4, -0.2) is 19.1 Å². The predicted octanol–water partition coefficient (Wildman–Crippen LogP) is 1.95. The molecule has 1 amide bonds. The second kappa shape index (κ2) is 4.33. The molecular formula is C11H12BrNO2. The molecule has 0 unspecified atom stereocenters. The van der Waals surface area contributed by atoms with Crippen molar-refractivity contribution >= 4 is 21.8 Å². The number of hydrogen-bond donors (Lipinski definition) is 1. The molecule has 0 bridgehead atoms. The summed E-state index contributed by atoms with van der Waals surface area (Å²) < 4.78 is 6.55. The number of rotatable bonds is 1. The summed E-state index contributed by atoms with van der Waals surface area (Å²) in [4.78, 5) is 10.9. The van der Waals surface area contributed by atoms with Crippen molar-refractivity contribution in [1.29, 1.82) is 0 Å². The highest BCUT2D eigenvalue weighted by molar-refractivity contribution is 9.10. The molecule has 0 aromatic heterocycles. The van der Waals surface area contributed by atoms with E-state index >= 15 is 0 Å². The maximum Gasteiger partial charge on any atom is 0.246 e. The molecule has 1 fully saturated rings. The molecule has 1 aliphatic rings. The molecule has 0 aliphatic carbocycles. The first-order valence-corrected chi connectivity index (χ1v) is 5.61. The predicted molar refractivity (Wildman–Crippen MR) is 60.6 cm³/mol. The molecular weight excluding hydrogens is 258 g/mol. The van der Waals surface area contributed by atoms with Crippen molar-refractivity contribution in [1.82, 2.24) is 5.32 Å². The Morgan fingerprint density at radius 1 is 1.53 bits per heavy atom. The van der Waals surface area contributed by atoms with Crippen LogP contribution in [0.3, 0.4) is 0 Å². The van der Waals surface area contributed by atoms with Gasteiger partial charge in [-0.1, -0.05) is 28.1 Å². The van der Waals surface area contributed by atoms with Gasteiger partial charge in [0.15, 0.2) is 0 Å². The van der Waals surface area contributed by atoms with Gasteiger partial charge in [0, 0.05) is 11.0 Å². The van der Waals surface area contributed by atoms with E-state index in [1.807, 2.05) is 25.1 Å². The molecule has 0 saturated carbocycles. The van der Waals surface area contributed by atoms with Crippen LogP contribution in [0.15, 0.2) is 22.7 Å². The fraction of sp³-hybridized carbons (Fsp3) is 0.364. The van der Waals surface area contributed by atoms with E-state index in [2.05, 4.69) is 21.2 Å². The van der Waals surface area contributed by atoms with E-state index in [1.54, 1.807) is 0 Å². The summed E-state index contributed by atoms with van der Waals surface area (Å²) in [7, 11) is 0. The number of halogens is 1. The first-order valence-electron chi connectivity index (χ1n) is 4.82. The van der Waals surface area contributed by atoms with Crippen molar-refractivity contribution in [3.05, 3.63) is 33.8 Å². The van der Waals surface area contributed by atoms with E-state index in [9.17, 15) is 4.79 Å². The van der Waals surface area contributed by atoms with Crippen LogP contribution in [0.1, 0.15) is 17.2 Å². The standard InChI is InChI=1S/C11H12BrNO2/c1-7-8(3-2-4-9(7)12)10-5-13-11(14)6-15-10/h2-4,10H,5-6H2,1H3,(H,13,14)/t10-/m1/s1. The maximum atomic E-state index is 10.9. The van der Waals surface area contributed by atoms with E-state index in [1.165, 1.54) is 5.56 Å². The summed E-state index contributed by atoms with van der Waals surface area (Å²) in [5, 5.41) is 2.80. The third-order valence-electron chi connectivity index (χ3n) is 2.56. The largest absolute Gasteiger partial charge is 0.362 e. The second-order valence-electron chi connectivity index (χ2n) is 3.56. The third kappa shape index (κ3) is 2.21. The lowest BCUT2D eigenvalue weighted by atomic mass is 10.0. The molecule has 1 aromatic rings. The number of morpholine rings is 1. The first-order chi connectivity index (χ1) is 7.18. The Kier molecular flexibility index (Phi) is 3.07. The van der Waals surface area contributed by atoms with Crippen molar-refractivity contribution < 1.29 is 9.53 Å². The Hall–Kier alpha value is -0.870. The number of carbonyl (C=O) groups is 1. The molecule has 1 saturated heterocycles. The van der Waals surface area contributed by atoms with E-state index < -0.39 is 0 Å². The minimum absolute atomic E-state index is 0.0276. The lowest BCUT2D eigenvalue weighted by molar-refractivity contribution is -0.133. The van der Waals surface area contributed by atoms with Gasteiger partial charge in [0.1, 0.15) is 12.7 Å². The van der Waals surface area contributed by atoms with Gasteiger partial charge in [0.05, 0.1) is 0 Å². The number of ether oxygens (including phenoxy) is 1. The summed E-state index contributed by atoms with van der Waals surface area (Å²) in [6.07, 6.45) is -0.0276. The summed E-state index contributed by atoms with van der Waals surface area (Å²) in [6, 6.07) is 6.01. The number of carbonyl (C=O) groups excluding carboxylic acids is 1. The van der Waals surface area contributed by atoms with Crippen LogP contribution in [0.25, 0.3) is 0 Å². The normalized spacial score (nSPS) is 21.2. The van der Waals surface area contributed by atoms with Crippen LogP contribution < -0.4 is 5.32 Å². The summed E-state index contributed by atoms with van der Waals surface area (Å²) in [5.41, 5.74) is 2.29. The fourth-order valence-electron chi connectivity index (χ4n) is 1.67. The van der Waals surface area contributed by atoms with Gasteiger partial charge in [0.2, 0.25) is 5.91 Å². The molecule has 3 nitrogen and oxygen atoms in total. The third-order valence-corrected chi connectivity index (χ3v) is 3.42. The lowest BCUT2D eigenvalue weighted by Gasteiger charge is -2.25. The molecule has 1 aromatic carbocycles.